The first kappa shape index (κ1) is 14.5. The highest BCUT2D eigenvalue weighted by Crippen LogP contribution is 2.26. The topological polar surface area (TPSA) is 66.6 Å². The van der Waals surface area contributed by atoms with Crippen LogP contribution in [0.5, 0.6) is 0 Å². The van der Waals surface area contributed by atoms with Crippen LogP contribution in [-0.2, 0) is 4.79 Å². The van der Waals surface area contributed by atoms with Crippen LogP contribution in [0.25, 0.3) is 0 Å². The van der Waals surface area contributed by atoms with Gasteiger partial charge in [0, 0.05) is 0 Å². The van der Waals surface area contributed by atoms with Gasteiger partial charge in [-0.25, -0.2) is 0 Å². The summed E-state index contributed by atoms with van der Waals surface area (Å²) in [6.45, 7) is 1.84. The van der Waals surface area contributed by atoms with Gasteiger partial charge in [-0.05, 0) is 38.9 Å². The molecule has 0 amide bonds. The molecule has 1 aliphatic carbocycles. The predicted octanol–water partition coefficient (Wildman–Crippen LogP) is 1.69. The molecule has 0 aliphatic heterocycles. The van der Waals surface area contributed by atoms with E-state index in [1.165, 1.54) is 38.5 Å². The second-order valence-electron chi connectivity index (χ2n) is 5.33. The smallest absolute Gasteiger partial charge is 0.320 e. The average molecular weight is 242 g/mol. The Balaban J connectivity index is 2.07. The minimum atomic E-state index is -0.898. The van der Waals surface area contributed by atoms with Gasteiger partial charge in [-0.1, -0.05) is 32.1 Å². The number of carboxylic acids is 1. The van der Waals surface area contributed by atoms with E-state index in [4.69, 9.17) is 10.8 Å². The molecule has 1 saturated carbocycles. The van der Waals surface area contributed by atoms with Crippen LogP contribution in [0.2, 0.25) is 0 Å². The number of carboxylic acid groups (broad SMARTS) is 1. The maximum absolute atomic E-state index is 10.6. The summed E-state index contributed by atoms with van der Waals surface area (Å²) in [5, 5.41) is 8.69. The van der Waals surface area contributed by atoms with Gasteiger partial charge in [-0.15, -0.1) is 0 Å². The fourth-order valence-corrected chi connectivity index (χ4v) is 2.47. The van der Waals surface area contributed by atoms with E-state index < -0.39 is 12.0 Å². The van der Waals surface area contributed by atoms with E-state index in [0.717, 1.165) is 19.0 Å². The first-order valence-corrected chi connectivity index (χ1v) is 6.76. The molecule has 0 aromatic carbocycles. The summed E-state index contributed by atoms with van der Waals surface area (Å²) in [4.78, 5) is 12.8. The van der Waals surface area contributed by atoms with Crippen LogP contribution in [-0.4, -0.2) is 42.2 Å². The third kappa shape index (κ3) is 6.03. The highest BCUT2D eigenvalue weighted by molar-refractivity contribution is 5.72. The minimum Gasteiger partial charge on any atom is -0.480 e. The Morgan fingerprint density at radius 1 is 1.35 bits per heavy atom. The molecule has 17 heavy (non-hydrogen) atoms. The maximum atomic E-state index is 10.6. The van der Waals surface area contributed by atoms with Crippen LogP contribution < -0.4 is 5.73 Å². The molecule has 4 heteroatoms. The van der Waals surface area contributed by atoms with E-state index in [2.05, 4.69) is 11.9 Å². The van der Waals surface area contributed by atoms with E-state index in [-0.39, 0.29) is 0 Å². The largest absolute Gasteiger partial charge is 0.480 e. The number of hydrogen-bond donors (Lipinski definition) is 2. The van der Waals surface area contributed by atoms with Crippen molar-refractivity contribution in [2.24, 2.45) is 11.7 Å². The lowest BCUT2D eigenvalue weighted by Gasteiger charge is -2.24. The highest BCUT2D eigenvalue weighted by atomic mass is 16.4. The Labute approximate surface area is 104 Å². The highest BCUT2D eigenvalue weighted by Gasteiger charge is 2.15. The van der Waals surface area contributed by atoms with Gasteiger partial charge in [0.05, 0.1) is 0 Å². The van der Waals surface area contributed by atoms with Crippen LogP contribution in [0.4, 0.5) is 0 Å². The van der Waals surface area contributed by atoms with Gasteiger partial charge in [0.1, 0.15) is 6.04 Å². The summed E-state index contributed by atoms with van der Waals surface area (Å²) >= 11 is 0. The van der Waals surface area contributed by atoms with Crippen molar-refractivity contribution in [3.8, 4) is 0 Å². The summed E-state index contributed by atoms with van der Waals surface area (Å²) in [5.74, 6) is -0.00923. The molecule has 4 nitrogen and oxygen atoms in total. The van der Waals surface area contributed by atoms with Gasteiger partial charge in [0.25, 0.3) is 0 Å². The van der Waals surface area contributed by atoms with E-state index in [1.54, 1.807) is 0 Å². The predicted molar refractivity (Wildman–Crippen MR) is 68.9 cm³/mol. The normalized spacial score (nSPS) is 19.5. The van der Waals surface area contributed by atoms with Crippen molar-refractivity contribution >= 4 is 5.97 Å². The zero-order chi connectivity index (χ0) is 12.7. The van der Waals surface area contributed by atoms with E-state index in [9.17, 15) is 4.79 Å². The van der Waals surface area contributed by atoms with Crippen molar-refractivity contribution in [2.45, 2.75) is 51.0 Å². The number of nitrogens with zero attached hydrogens (tertiary/aromatic N) is 1. The summed E-state index contributed by atoms with van der Waals surface area (Å²) in [6, 6.07) is -0.716. The molecule has 3 N–H and O–H groups in total. The van der Waals surface area contributed by atoms with Crippen LogP contribution in [0, 0.1) is 5.92 Å². The van der Waals surface area contributed by atoms with E-state index in [1.807, 2.05) is 0 Å². The number of rotatable bonds is 7. The number of hydrogen-bond acceptors (Lipinski definition) is 3. The minimum absolute atomic E-state index is 0.538. The molecule has 0 saturated heterocycles. The lowest BCUT2D eigenvalue weighted by molar-refractivity contribution is -0.138. The van der Waals surface area contributed by atoms with Crippen molar-refractivity contribution < 1.29 is 9.90 Å². The third-order valence-electron chi connectivity index (χ3n) is 3.78. The summed E-state index contributed by atoms with van der Waals surface area (Å²) in [7, 11) is 2.05. The molecule has 1 rings (SSSR count). The number of nitrogens with two attached hydrogens (primary N) is 1. The molecule has 0 bridgehead atoms. The second kappa shape index (κ2) is 7.67. The zero-order valence-corrected chi connectivity index (χ0v) is 10.9. The molecular formula is C13H26N2O2. The average Bonchev–Trinajstić information content (AvgIpc) is 2.34. The zero-order valence-electron chi connectivity index (χ0n) is 10.9. The molecule has 0 spiro atoms. The monoisotopic (exact) mass is 242 g/mol. The van der Waals surface area contributed by atoms with Crippen LogP contribution >= 0.6 is 0 Å². The summed E-state index contributed by atoms with van der Waals surface area (Å²) in [6.07, 6.45) is 8.72. The molecule has 1 aliphatic rings. The van der Waals surface area contributed by atoms with Crippen molar-refractivity contribution in [2.75, 3.05) is 20.1 Å². The number of carbonyl (C=O) groups is 1. The third-order valence-corrected chi connectivity index (χ3v) is 3.78. The molecule has 1 fully saturated rings. The second-order valence-corrected chi connectivity index (χ2v) is 5.33. The Hall–Kier alpha value is -0.610. The summed E-state index contributed by atoms with van der Waals surface area (Å²) < 4.78 is 0. The Morgan fingerprint density at radius 3 is 2.59 bits per heavy atom. The van der Waals surface area contributed by atoms with Crippen LogP contribution in [0.3, 0.4) is 0 Å². The molecule has 0 aromatic rings. The van der Waals surface area contributed by atoms with Gasteiger partial charge >= 0.3 is 5.97 Å². The molecular weight excluding hydrogens is 216 g/mol. The van der Waals surface area contributed by atoms with Crippen molar-refractivity contribution in [1.82, 2.24) is 4.90 Å². The van der Waals surface area contributed by atoms with Crippen LogP contribution in [0.1, 0.15) is 44.9 Å². The molecule has 0 aromatic heterocycles. The molecule has 0 heterocycles. The van der Waals surface area contributed by atoms with Gasteiger partial charge in [0.2, 0.25) is 0 Å². The van der Waals surface area contributed by atoms with Crippen molar-refractivity contribution in [3.63, 3.8) is 0 Å². The standard InChI is InChI=1S/C13H26N2O2/c1-15(10-8-12(14)13(16)17)9-7-11-5-3-2-4-6-11/h11-12H,2-10,14H2,1H3,(H,16,17). The SMILES string of the molecule is CN(CCC1CCCCC1)CCC(N)C(=O)O. The first-order valence-electron chi connectivity index (χ1n) is 6.76. The Kier molecular flexibility index (Phi) is 6.52. The van der Waals surface area contributed by atoms with Crippen LogP contribution in [0.15, 0.2) is 0 Å². The van der Waals surface area contributed by atoms with Gasteiger partial charge < -0.3 is 15.7 Å². The van der Waals surface area contributed by atoms with Gasteiger partial charge in [0.15, 0.2) is 0 Å². The fourth-order valence-electron chi connectivity index (χ4n) is 2.47. The first-order chi connectivity index (χ1) is 8.09. The molecule has 100 valence electrons. The lowest BCUT2D eigenvalue weighted by Crippen LogP contribution is -2.34. The quantitative estimate of drug-likeness (QED) is 0.713. The van der Waals surface area contributed by atoms with E-state index >= 15 is 0 Å². The van der Waals surface area contributed by atoms with E-state index in [0.29, 0.717) is 6.42 Å². The molecule has 1 unspecified atom stereocenters. The van der Waals surface area contributed by atoms with Crippen molar-refractivity contribution in [3.05, 3.63) is 0 Å². The summed E-state index contributed by atoms with van der Waals surface area (Å²) in [5.41, 5.74) is 5.48. The lowest BCUT2D eigenvalue weighted by atomic mass is 9.87. The Morgan fingerprint density at radius 2 is 2.00 bits per heavy atom. The number of aliphatic carboxylic acids is 1. The Bertz CT molecular complexity index is 227. The molecule has 0 radical (unpaired) electrons. The molecule has 1 atom stereocenters. The maximum Gasteiger partial charge on any atom is 0.320 e. The van der Waals surface area contributed by atoms with Gasteiger partial charge in [-0.2, -0.15) is 0 Å². The fraction of sp³-hybridized carbons (Fsp3) is 0.923. The van der Waals surface area contributed by atoms with Crippen molar-refractivity contribution in [1.29, 1.82) is 0 Å². The van der Waals surface area contributed by atoms with Gasteiger partial charge in [-0.3, -0.25) is 4.79 Å².